The highest BCUT2D eigenvalue weighted by Crippen LogP contribution is 2.28. The summed E-state index contributed by atoms with van der Waals surface area (Å²) in [5.74, 6) is 0. The molecule has 0 atom stereocenters. The van der Waals surface area contributed by atoms with E-state index in [-0.39, 0.29) is 17.3 Å². The van der Waals surface area contributed by atoms with Gasteiger partial charge in [0.25, 0.3) is 6.43 Å². The van der Waals surface area contributed by atoms with Crippen LogP contribution < -0.4 is 5.56 Å². The highest BCUT2D eigenvalue weighted by molar-refractivity contribution is 5.81. The summed E-state index contributed by atoms with van der Waals surface area (Å²) in [6.45, 7) is 5.53. The minimum absolute atomic E-state index is 0.0522. The molecule has 0 saturated heterocycles. The number of fused-ring (bicyclic) bond motifs is 1. The molecule has 6 heteroatoms. The standard InChI is InChI=1S/C11H13F2N3O/c1-5(2)16-6(3)9-7(10(12)13)4-8(17)14-11(9)15-16/h4-5,10H,1-3H3,(H,14,15,17). The summed E-state index contributed by atoms with van der Waals surface area (Å²) in [5.41, 5.74) is 0.0508. The normalized spacial score (nSPS) is 11.9. The Kier molecular flexibility index (Phi) is 2.73. The Bertz CT molecular complexity index is 613. The van der Waals surface area contributed by atoms with Crippen LogP contribution in [0.5, 0.6) is 0 Å². The number of alkyl halides is 2. The van der Waals surface area contributed by atoms with Gasteiger partial charge in [-0.15, -0.1) is 0 Å². The number of H-pyrrole nitrogens is 1. The fourth-order valence-corrected chi connectivity index (χ4v) is 1.99. The molecule has 2 aromatic heterocycles. The summed E-state index contributed by atoms with van der Waals surface area (Å²) < 4.78 is 27.4. The van der Waals surface area contributed by atoms with Crippen LogP contribution in [0.4, 0.5) is 8.78 Å². The number of hydrogen-bond donors (Lipinski definition) is 1. The van der Waals surface area contributed by atoms with E-state index >= 15 is 0 Å². The maximum Gasteiger partial charge on any atom is 0.264 e. The van der Waals surface area contributed by atoms with E-state index in [0.717, 1.165) is 6.07 Å². The first-order valence-corrected chi connectivity index (χ1v) is 5.32. The van der Waals surface area contributed by atoms with Crippen molar-refractivity contribution in [2.24, 2.45) is 0 Å². The summed E-state index contributed by atoms with van der Waals surface area (Å²) >= 11 is 0. The van der Waals surface area contributed by atoms with Crippen LogP contribution in [0.2, 0.25) is 0 Å². The van der Waals surface area contributed by atoms with E-state index in [1.807, 2.05) is 13.8 Å². The van der Waals surface area contributed by atoms with Crippen LogP contribution in [-0.4, -0.2) is 14.8 Å². The monoisotopic (exact) mass is 241 g/mol. The van der Waals surface area contributed by atoms with Gasteiger partial charge in [-0.2, -0.15) is 5.10 Å². The first kappa shape index (κ1) is 11.8. The summed E-state index contributed by atoms with van der Waals surface area (Å²) in [4.78, 5) is 13.7. The van der Waals surface area contributed by atoms with Gasteiger partial charge in [0.1, 0.15) is 0 Å². The van der Waals surface area contributed by atoms with Gasteiger partial charge in [-0.05, 0) is 20.8 Å². The third kappa shape index (κ3) is 1.83. The van der Waals surface area contributed by atoms with Crippen molar-refractivity contribution in [2.75, 3.05) is 0 Å². The van der Waals surface area contributed by atoms with Crippen molar-refractivity contribution < 1.29 is 8.78 Å². The van der Waals surface area contributed by atoms with E-state index in [4.69, 9.17) is 0 Å². The van der Waals surface area contributed by atoms with Crippen molar-refractivity contribution >= 4 is 11.0 Å². The first-order chi connectivity index (χ1) is 7.91. The lowest BCUT2D eigenvalue weighted by Gasteiger charge is -2.07. The average molecular weight is 241 g/mol. The van der Waals surface area contributed by atoms with E-state index in [1.54, 1.807) is 11.6 Å². The molecule has 0 aliphatic heterocycles. The number of aromatic amines is 1. The molecule has 0 bridgehead atoms. The zero-order valence-electron chi connectivity index (χ0n) is 9.79. The lowest BCUT2D eigenvalue weighted by molar-refractivity contribution is 0.153. The molecular formula is C11H13F2N3O. The molecule has 0 aromatic carbocycles. The molecule has 0 aliphatic rings. The van der Waals surface area contributed by atoms with Crippen LogP contribution in [-0.2, 0) is 0 Å². The number of aromatic nitrogens is 3. The Morgan fingerprint density at radius 2 is 2.06 bits per heavy atom. The molecule has 0 radical (unpaired) electrons. The largest absolute Gasteiger partial charge is 0.305 e. The Morgan fingerprint density at radius 1 is 1.41 bits per heavy atom. The van der Waals surface area contributed by atoms with Gasteiger partial charge in [0.2, 0.25) is 5.56 Å². The lowest BCUT2D eigenvalue weighted by Crippen LogP contribution is -2.06. The number of nitrogens with zero attached hydrogens (tertiary/aromatic N) is 2. The Labute approximate surface area is 96.3 Å². The van der Waals surface area contributed by atoms with E-state index < -0.39 is 12.0 Å². The summed E-state index contributed by atoms with van der Waals surface area (Å²) in [5, 5.41) is 4.48. The maximum atomic E-state index is 12.9. The van der Waals surface area contributed by atoms with Crippen LogP contribution in [0.15, 0.2) is 10.9 Å². The van der Waals surface area contributed by atoms with Crippen molar-refractivity contribution in [1.82, 2.24) is 14.8 Å². The molecule has 0 unspecified atom stereocenters. The van der Waals surface area contributed by atoms with Gasteiger partial charge in [0.05, 0.1) is 0 Å². The third-order valence-corrected chi connectivity index (χ3v) is 2.69. The number of hydrogen-bond acceptors (Lipinski definition) is 2. The molecule has 2 heterocycles. The van der Waals surface area contributed by atoms with Crippen LogP contribution in [0.3, 0.4) is 0 Å². The zero-order valence-corrected chi connectivity index (χ0v) is 9.79. The second-order valence-corrected chi connectivity index (χ2v) is 4.24. The van der Waals surface area contributed by atoms with Gasteiger partial charge in [0, 0.05) is 28.8 Å². The molecule has 0 saturated carbocycles. The minimum Gasteiger partial charge on any atom is -0.305 e. The Morgan fingerprint density at radius 3 is 2.59 bits per heavy atom. The number of nitrogens with one attached hydrogen (secondary N) is 1. The molecule has 0 amide bonds. The van der Waals surface area contributed by atoms with Crippen molar-refractivity contribution in [3.63, 3.8) is 0 Å². The van der Waals surface area contributed by atoms with Crippen LogP contribution in [0.25, 0.3) is 11.0 Å². The van der Waals surface area contributed by atoms with Crippen LogP contribution in [0.1, 0.15) is 37.6 Å². The van der Waals surface area contributed by atoms with Gasteiger partial charge in [0.15, 0.2) is 5.65 Å². The third-order valence-electron chi connectivity index (χ3n) is 2.69. The fourth-order valence-electron chi connectivity index (χ4n) is 1.99. The number of rotatable bonds is 2. The molecule has 17 heavy (non-hydrogen) atoms. The quantitative estimate of drug-likeness (QED) is 0.878. The average Bonchev–Trinajstić information content (AvgIpc) is 2.54. The summed E-state index contributed by atoms with van der Waals surface area (Å²) in [6, 6.07) is 0.989. The molecule has 2 rings (SSSR count). The van der Waals surface area contributed by atoms with Gasteiger partial charge in [-0.1, -0.05) is 0 Å². The highest BCUT2D eigenvalue weighted by Gasteiger charge is 2.19. The molecule has 2 aromatic rings. The topological polar surface area (TPSA) is 50.7 Å². The smallest absolute Gasteiger partial charge is 0.264 e. The molecular weight excluding hydrogens is 228 g/mol. The van der Waals surface area contributed by atoms with Crippen molar-refractivity contribution in [3.8, 4) is 0 Å². The van der Waals surface area contributed by atoms with Crippen molar-refractivity contribution in [2.45, 2.75) is 33.2 Å². The van der Waals surface area contributed by atoms with Gasteiger partial charge < -0.3 is 4.98 Å². The van der Waals surface area contributed by atoms with Crippen molar-refractivity contribution in [3.05, 3.63) is 27.7 Å². The zero-order chi connectivity index (χ0) is 12.7. The molecule has 0 aliphatic carbocycles. The van der Waals surface area contributed by atoms with E-state index in [1.165, 1.54) is 0 Å². The lowest BCUT2D eigenvalue weighted by atomic mass is 10.1. The highest BCUT2D eigenvalue weighted by atomic mass is 19.3. The molecule has 1 N–H and O–H groups in total. The van der Waals surface area contributed by atoms with E-state index in [9.17, 15) is 13.6 Å². The number of halogens is 2. The molecule has 0 fully saturated rings. The first-order valence-electron chi connectivity index (χ1n) is 5.32. The van der Waals surface area contributed by atoms with Crippen molar-refractivity contribution in [1.29, 1.82) is 0 Å². The van der Waals surface area contributed by atoms with E-state index in [2.05, 4.69) is 10.1 Å². The SMILES string of the molecule is Cc1c2c(C(F)F)cc(=O)[nH]c2nn1C(C)C. The van der Waals surface area contributed by atoms with Gasteiger partial charge >= 0.3 is 0 Å². The van der Waals surface area contributed by atoms with E-state index in [0.29, 0.717) is 11.1 Å². The maximum absolute atomic E-state index is 12.9. The Hall–Kier alpha value is -1.72. The van der Waals surface area contributed by atoms with Crippen LogP contribution >= 0.6 is 0 Å². The number of aryl methyl sites for hydroxylation is 1. The van der Waals surface area contributed by atoms with Crippen LogP contribution in [0, 0.1) is 6.92 Å². The molecule has 0 spiro atoms. The Balaban J connectivity index is 2.87. The second-order valence-electron chi connectivity index (χ2n) is 4.24. The van der Waals surface area contributed by atoms with Gasteiger partial charge in [-0.3, -0.25) is 9.48 Å². The summed E-state index contributed by atoms with van der Waals surface area (Å²) in [6.07, 6.45) is -2.68. The van der Waals surface area contributed by atoms with Gasteiger partial charge in [-0.25, -0.2) is 8.78 Å². The predicted octanol–water partition coefficient (Wildman–Crippen LogP) is 2.55. The minimum atomic E-state index is -2.68. The fraction of sp³-hybridized carbons (Fsp3) is 0.455. The summed E-state index contributed by atoms with van der Waals surface area (Å²) in [7, 11) is 0. The molecule has 4 nitrogen and oxygen atoms in total. The second kappa shape index (κ2) is 3.94. The number of pyridine rings is 1. The predicted molar refractivity (Wildman–Crippen MR) is 60.4 cm³/mol. The molecule has 92 valence electrons.